The van der Waals surface area contributed by atoms with Gasteiger partial charge in [-0.3, -0.25) is 4.39 Å². The van der Waals surface area contributed by atoms with Crippen LogP contribution in [0.15, 0.2) is 22.7 Å². The van der Waals surface area contributed by atoms with Crippen LogP contribution < -0.4 is 5.11 Å². The van der Waals surface area contributed by atoms with Crippen molar-refractivity contribution in [2.24, 2.45) is 0 Å². The monoisotopic (exact) mass is 303 g/mol. The molecule has 1 unspecified atom stereocenters. The van der Waals surface area contributed by atoms with E-state index in [9.17, 15) is 19.4 Å². The first kappa shape index (κ1) is 14.1. The Morgan fingerprint density at radius 2 is 2.18 bits per heavy atom. The molecule has 1 N–H and O–H groups in total. The number of carboxylic acids is 1. The number of hydrogen-bond donors (Lipinski definition) is 1. The number of unbranched alkanes of at least 4 members (excludes halogenated alkanes) is 1. The van der Waals surface area contributed by atoms with Crippen molar-refractivity contribution in [2.45, 2.75) is 25.4 Å². The van der Waals surface area contributed by atoms with Crippen LogP contribution in [-0.2, 0) is 0 Å². The van der Waals surface area contributed by atoms with E-state index in [1.807, 2.05) is 0 Å². The van der Waals surface area contributed by atoms with Crippen LogP contribution in [0, 0.1) is 0 Å². The molecule has 0 heterocycles. The Morgan fingerprint density at radius 3 is 2.76 bits per heavy atom. The Hall–Kier alpha value is -0.940. The minimum Gasteiger partial charge on any atom is -0.545 e. The summed E-state index contributed by atoms with van der Waals surface area (Å²) in [5, 5.41) is 20.7. The molecule has 0 saturated carbocycles. The molecule has 0 aliphatic rings. The highest BCUT2D eigenvalue weighted by Crippen LogP contribution is 2.25. The van der Waals surface area contributed by atoms with Gasteiger partial charge in [-0.1, -0.05) is 22.0 Å². The number of hydrogen-bond acceptors (Lipinski definition) is 3. The van der Waals surface area contributed by atoms with Crippen molar-refractivity contribution in [1.82, 2.24) is 0 Å². The van der Waals surface area contributed by atoms with Crippen molar-refractivity contribution >= 4 is 21.9 Å². The minimum atomic E-state index is -1.33. The lowest BCUT2D eigenvalue weighted by Gasteiger charge is -2.16. The number of rotatable bonds is 6. The van der Waals surface area contributed by atoms with E-state index in [2.05, 4.69) is 15.9 Å². The number of benzene rings is 1. The first-order chi connectivity index (χ1) is 8.06. The highest BCUT2D eigenvalue weighted by molar-refractivity contribution is 9.10. The second kappa shape index (κ2) is 6.71. The van der Waals surface area contributed by atoms with Crippen molar-refractivity contribution in [3.8, 4) is 0 Å². The van der Waals surface area contributed by atoms with Crippen LogP contribution in [0.25, 0.3) is 0 Å². The Morgan fingerprint density at radius 1 is 1.47 bits per heavy atom. The van der Waals surface area contributed by atoms with Gasteiger partial charge >= 0.3 is 0 Å². The highest BCUT2D eigenvalue weighted by Gasteiger charge is 2.13. The Labute approximate surface area is 107 Å². The molecule has 0 amide bonds. The fourth-order valence-corrected chi connectivity index (χ4v) is 1.94. The molecule has 94 valence electrons. The number of halogens is 2. The maximum atomic E-state index is 11.9. The number of aliphatic hydroxyl groups excluding tert-OH is 1. The molecule has 1 rings (SSSR count). The molecule has 5 heteroatoms. The maximum Gasteiger partial charge on any atom is 0.0894 e. The van der Waals surface area contributed by atoms with Gasteiger partial charge in [0.2, 0.25) is 0 Å². The van der Waals surface area contributed by atoms with Crippen molar-refractivity contribution in [3.05, 3.63) is 33.8 Å². The van der Waals surface area contributed by atoms with E-state index in [4.69, 9.17) is 0 Å². The zero-order valence-corrected chi connectivity index (χ0v) is 10.7. The van der Waals surface area contributed by atoms with E-state index in [-0.39, 0.29) is 5.56 Å². The number of alkyl halides is 1. The van der Waals surface area contributed by atoms with Gasteiger partial charge < -0.3 is 15.0 Å². The maximum absolute atomic E-state index is 11.9. The summed E-state index contributed by atoms with van der Waals surface area (Å²) in [5.41, 5.74) is 0.277. The van der Waals surface area contributed by atoms with Crippen LogP contribution in [0.4, 0.5) is 4.39 Å². The molecular formula is C12H13BrFO3-. The van der Waals surface area contributed by atoms with E-state index in [0.717, 1.165) is 0 Å². The average molecular weight is 304 g/mol. The Kier molecular flexibility index (Phi) is 5.58. The molecule has 0 saturated heterocycles. The molecule has 0 aromatic heterocycles. The third kappa shape index (κ3) is 4.09. The number of carbonyl (C=O) groups excluding carboxylic acids is 1. The number of carboxylic acid groups (broad SMARTS) is 1. The summed E-state index contributed by atoms with van der Waals surface area (Å²) in [5.74, 6) is -1.33. The van der Waals surface area contributed by atoms with E-state index < -0.39 is 18.7 Å². The van der Waals surface area contributed by atoms with Gasteiger partial charge in [-0.05, 0) is 37.0 Å². The standard InChI is InChI=1S/C12H14BrFO3/c13-8-4-5-9(10(7-8)12(16)17)11(15)3-1-2-6-14/h4-5,7,11,15H,1-3,6H2,(H,16,17)/p-1. The highest BCUT2D eigenvalue weighted by atomic mass is 79.9. The number of aromatic carboxylic acids is 1. The predicted molar refractivity (Wildman–Crippen MR) is 63.3 cm³/mol. The van der Waals surface area contributed by atoms with Crippen molar-refractivity contribution in [3.63, 3.8) is 0 Å². The fourth-order valence-electron chi connectivity index (χ4n) is 1.58. The van der Waals surface area contributed by atoms with Crippen LogP contribution in [0.1, 0.15) is 41.3 Å². The lowest BCUT2D eigenvalue weighted by atomic mass is 9.98. The van der Waals surface area contributed by atoms with Gasteiger partial charge in [-0.2, -0.15) is 0 Å². The zero-order chi connectivity index (χ0) is 12.8. The summed E-state index contributed by atoms with van der Waals surface area (Å²) in [4.78, 5) is 10.9. The van der Waals surface area contributed by atoms with Gasteiger partial charge in [-0.25, -0.2) is 0 Å². The van der Waals surface area contributed by atoms with Gasteiger partial charge in [-0.15, -0.1) is 0 Å². The van der Waals surface area contributed by atoms with Gasteiger partial charge in [0, 0.05) is 10.0 Å². The van der Waals surface area contributed by atoms with Gasteiger partial charge in [0.15, 0.2) is 0 Å². The number of carbonyl (C=O) groups is 1. The average Bonchev–Trinajstić information content (AvgIpc) is 2.29. The van der Waals surface area contributed by atoms with E-state index in [1.165, 1.54) is 12.1 Å². The number of aliphatic hydroxyl groups is 1. The Bertz CT molecular complexity index is 395. The lowest BCUT2D eigenvalue weighted by Crippen LogP contribution is -2.24. The predicted octanol–water partition coefficient (Wildman–Crippen LogP) is 1.99. The van der Waals surface area contributed by atoms with Crippen LogP contribution in [0.3, 0.4) is 0 Å². The SMILES string of the molecule is O=C([O-])c1cc(Br)ccc1C(O)CCCCF. The van der Waals surface area contributed by atoms with Crippen LogP contribution in [0.5, 0.6) is 0 Å². The molecule has 0 radical (unpaired) electrons. The second-order valence-electron chi connectivity index (χ2n) is 3.72. The molecule has 17 heavy (non-hydrogen) atoms. The van der Waals surface area contributed by atoms with E-state index >= 15 is 0 Å². The molecule has 1 aromatic rings. The van der Waals surface area contributed by atoms with E-state index in [0.29, 0.717) is 29.3 Å². The summed E-state index contributed by atoms with van der Waals surface area (Å²) in [6.07, 6.45) is 0.322. The molecule has 0 bridgehead atoms. The van der Waals surface area contributed by atoms with Gasteiger partial charge in [0.05, 0.1) is 18.7 Å². The molecule has 0 aliphatic carbocycles. The normalized spacial score (nSPS) is 12.4. The first-order valence-electron chi connectivity index (χ1n) is 5.31. The minimum absolute atomic E-state index is 0.0351. The Balaban J connectivity index is 2.84. The van der Waals surface area contributed by atoms with Crippen LogP contribution in [-0.4, -0.2) is 17.8 Å². The van der Waals surface area contributed by atoms with Crippen molar-refractivity contribution in [2.75, 3.05) is 6.67 Å². The first-order valence-corrected chi connectivity index (χ1v) is 6.10. The van der Waals surface area contributed by atoms with Crippen molar-refractivity contribution < 1.29 is 19.4 Å². The smallest absolute Gasteiger partial charge is 0.0894 e. The van der Waals surface area contributed by atoms with Crippen LogP contribution in [0.2, 0.25) is 0 Å². The topological polar surface area (TPSA) is 60.4 Å². The third-order valence-corrected chi connectivity index (χ3v) is 2.95. The molecular weight excluding hydrogens is 291 g/mol. The fraction of sp³-hybridized carbons (Fsp3) is 0.417. The molecule has 1 aromatic carbocycles. The van der Waals surface area contributed by atoms with Crippen LogP contribution >= 0.6 is 15.9 Å². The molecule has 0 spiro atoms. The summed E-state index contributed by atoms with van der Waals surface area (Å²) in [7, 11) is 0. The summed E-state index contributed by atoms with van der Waals surface area (Å²) in [6.45, 7) is -0.430. The zero-order valence-electron chi connectivity index (χ0n) is 9.16. The summed E-state index contributed by atoms with van der Waals surface area (Å²) < 4.78 is 12.5. The van der Waals surface area contributed by atoms with E-state index in [1.54, 1.807) is 6.07 Å². The summed E-state index contributed by atoms with van der Waals surface area (Å²) in [6, 6.07) is 4.58. The molecule has 1 atom stereocenters. The molecule has 0 fully saturated rings. The molecule has 0 aliphatic heterocycles. The van der Waals surface area contributed by atoms with Crippen molar-refractivity contribution in [1.29, 1.82) is 0 Å². The van der Waals surface area contributed by atoms with Gasteiger partial charge in [0.1, 0.15) is 0 Å². The lowest BCUT2D eigenvalue weighted by molar-refractivity contribution is -0.255. The molecule has 3 nitrogen and oxygen atoms in total. The third-order valence-electron chi connectivity index (χ3n) is 2.46. The second-order valence-corrected chi connectivity index (χ2v) is 4.64. The summed E-state index contributed by atoms with van der Waals surface area (Å²) >= 11 is 3.16. The quantitative estimate of drug-likeness (QED) is 0.818. The van der Waals surface area contributed by atoms with Gasteiger partial charge in [0.25, 0.3) is 0 Å². The largest absolute Gasteiger partial charge is 0.545 e.